The Bertz CT molecular complexity index is 342. The molecule has 0 radical (unpaired) electrons. The number of esters is 1. The Labute approximate surface area is 102 Å². The molecular weight excluding hydrogens is 216 g/mol. The van der Waals surface area contributed by atoms with Crippen molar-refractivity contribution in [2.45, 2.75) is 38.4 Å². The van der Waals surface area contributed by atoms with E-state index in [-0.39, 0.29) is 12.1 Å². The molecule has 0 spiro atoms. The third-order valence-corrected chi connectivity index (χ3v) is 2.91. The first kappa shape index (κ1) is 12.1. The van der Waals surface area contributed by atoms with Crippen LogP contribution >= 0.6 is 0 Å². The third-order valence-electron chi connectivity index (χ3n) is 2.91. The normalized spacial score (nSPS) is 19.9. The van der Waals surface area contributed by atoms with Crippen LogP contribution in [0.1, 0.15) is 31.2 Å². The molecule has 1 aromatic rings. The fraction of sp³-hybridized carbons (Fsp3) is 0.500. The van der Waals surface area contributed by atoms with E-state index in [9.17, 15) is 4.79 Å². The lowest BCUT2D eigenvalue weighted by Crippen LogP contribution is -2.23. The molecule has 1 atom stereocenters. The molecule has 1 heterocycles. The van der Waals surface area contributed by atoms with Crippen molar-refractivity contribution < 1.29 is 14.3 Å². The topological polar surface area (TPSA) is 35.5 Å². The minimum atomic E-state index is -0.166. The van der Waals surface area contributed by atoms with Crippen LogP contribution in [0.2, 0.25) is 0 Å². The van der Waals surface area contributed by atoms with Crippen LogP contribution in [0.25, 0.3) is 0 Å². The van der Waals surface area contributed by atoms with Crippen molar-refractivity contribution in [1.29, 1.82) is 0 Å². The standard InChI is InChI=1S/C14H18O3/c15-14(10-13-8-4-5-9-16-13)17-11-12-6-2-1-3-7-12/h1-3,6-7,13H,4-5,8-11H2/t13-/m1/s1. The van der Waals surface area contributed by atoms with Gasteiger partial charge in [0.25, 0.3) is 0 Å². The first-order valence-corrected chi connectivity index (χ1v) is 6.16. The van der Waals surface area contributed by atoms with E-state index >= 15 is 0 Å². The van der Waals surface area contributed by atoms with Crippen molar-refractivity contribution in [3.8, 4) is 0 Å². The number of carbonyl (C=O) groups excluding carboxylic acids is 1. The van der Waals surface area contributed by atoms with Crippen molar-refractivity contribution >= 4 is 5.97 Å². The highest BCUT2D eigenvalue weighted by Gasteiger charge is 2.18. The monoisotopic (exact) mass is 234 g/mol. The van der Waals surface area contributed by atoms with E-state index in [2.05, 4.69) is 0 Å². The maximum Gasteiger partial charge on any atom is 0.308 e. The molecule has 0 aromatic heterocycles. The van der Waals surface area contributed by atoms with Gasteiger partial charge in [0.1, 0.15) is 6.61 Å². The predicted molar refractivity (Wildman–Crippen MR) is 64.4 cm³/mol. The molecule has 1 saturated heterocycles. The molecule has 3 nitrogen and oxygen atoms in total. The highest BCUT2D eigenvalue weighted by atomic mass is 16.5. The smallest absolute Gasteiger partial charge is 0.308 e. The van der Waals surface area contributed by atoms with Crippen LogP contribution < -0.4 is 0 Å². The fourth-order valence-corrected chi connectivity index (χ4v) is 1.95. The molecule has 0 bridgehead atoms. The lowest BCUT2D eigenvalue weighted by Gasteiger charge is -2.21. The van der Waals surface area contributed by atoms with E-state index in [0.29, 0.717) is 13.0 Å². The summed E-state index contributed by atoms with van der Waals surface area (Å²) in [6, 6.07) is 9.72. The zero-order valence-electron chi connectivity index (χ0n) is 9.93. The van der Waals surface area contributed by atoms with Gasteiger partial charge in [0.05, 0.1) is 12.5 Å². The van der Waals surface area contributed by atoms with Gasteiger partial charge in [-0.25, -0.2) is 0 Å². The van der Waals surface area contributed by atoms with Crippen LogP contribution in [0.4, 0.5) is 0 Å². The van der Waals surface area contributed by atoms with Crippen molar-refractivity contribution in [3.63, 3.8) is 0 Å². The summed E-state index contributed by atoms with van der Waals surface area (Å²) < 4.78 is 10.7. The summed E-state index contributed by atoms with van der Waals surface area (Å²) in [5.74, 6) is -0.166. The predicted octanol–water partition coefficient (Wildman–Crippen LogP) is 2.69. The molecule has 0 aliphatic carbocycles. The molecule has 0 unspecified atom stereocenters. The summed E-state index contributed by atoms with van der Waals surface area (Å²) in [7, 11) is 0. The largest absolute Gasteiger partial charge is 0.461 e. The van der Waals surface area contributed by atoms with E-state index in [1.54, 1.807) is 0 Å². The van der Waals surface area contributed by atoms with Crippen molar-refractivity contribution in [3.05, 3.63) is 35.9 Å². The van der Waals surface area contributed by atoms with Gasteiger partial charge in [0, 0.05) is 6.61 Å². The van der Waals surface area contributed by atoms with E-state index < -0.39 is 0 Å². The van der Waals surface area contributed by atoms with Gasteiger partial charge in [-0.1, -0.05) is 30.3 Å². The number of hydrogen-bond donors (Lipinski definition) is 0. The Morgan fingerprint density at radius 1 is 1.29 bits per heavy atom. The highest BCUT2D eigenvalue weighted by molar-refractivity contribution is 5.70. The summed E-state index contributed by atoms with van der Waals surface area (Å²) in [5, 5.41) is 0. The summed E-state index contributed by atoms with van der Waals surface area (Å²) in [6.45, 7) is 1.13. The minimum absolute atomic E-state index is 0.0621. The van der Waals surface area contributed by atoms with Gasteiger partial charge in [-0.05, 0) is 24.8 Å². The molecule has 92 valence electrons. The SMILES string of the molecule is O=C(C[C@H]1CCCCO1)OCc1ccccc1. The van der Waals surface area contributed by atoms with Crippen LogP contribution in [0.5, 0.6) is 0 Å². The lowest BCUT2D eigenvalue weighted by atomic mass is 10.1. The third kappa shape index (κ3) is 4.19. The molecule has 1 fully saturated rings. The molecule has 1 aromatic carbocycles. The van der Waals surface area contributed by atoms with Gasteiger partial charge in [-0.3, -0.25) is 4.79 Å². The van der Waals surface area contributed by atoms with Crippen LogP contribution in [0.3, 0.4) is 0 Å². The Morgan fingerprint density at radius 2 is 2.12 bits per heavy atom. The second-order valence-electron chi connectivity index (χ2n) is 4.34. The molecule has 0 amide bonds. The minimum Gasteiger partial charge on any atom is -0.461 e. The van der Waals surface area contributed by atoms with Gasteiger partial charge < -0.3 is 9.47 Å². The van der Waals surface area contributed by atoms with Crippen molar-refractivity contribution in [1.82, 2.24) is 0 Å². The maximum absolute atomic E-state index is 11.6. The maximum atomic E-state index is 11.6. The fourth-order valence-electron chi connectivity index (χ4n) is 1.95. The van der Waals surface area contributed by atoms with E-state index in [0.717, 1.165) is 31.4 Å². The Balaban J connectivity index is 1.70. The molecule has 1 aliphatic rings. The summed E-state index contributed by atoms with van der Waals surface area (Å²) in [4.78, 5) is 11.6. The average molecular weight is 234 g/mol. The molecule has 0 N–H and O–H groups in total. The van der Waals surface area contributed by atoms with Gasteiger partial charge in [0.15, 0.2) is 0 Å². The van der Waals surface area contributed by atoms with E-state index in [4.69, 9.17) is 9.47 Å². The van der Waals surface area contributed by atoms with Crippen LogP contribution in [-0.2, 0) is 20.9 Å². The number of benzene rings is 1. The summed E-state index contributed by atoms with van der Waals surface area (Å²) >= 11 is 0. The number of ether oxygens (including phenoxy) is 2. The molecule has 0 saturated carbocycles. The molecule has 2 rings (SSSR count). The van der Waals surface area contributed by atoms with Gasteiger partial charge >= 0.3 is 5.97 Å². The van der Waals surface area contributed by atoms with Crippen molar-refractivity contribution in [2.24, 2.45) is 0 Å². The van der Waals surface area contributed by atoms with E-state index in [1.165, 1.54) is 0 Å². The zero-order valence-corrected chi connectivity index (χ0v) is 9.93. The first-order valence-electron chi connectivity index (χ1n) is 6.16. The first-order chi connectivity index (χ1) is 8.34. The Morgan fingerprint density at radius 3 is 2.82 bits per heavy atom. The summed E-state index contributed by atoms with van der Waals surface area (Å²) in [5.41, 5.74) is 1.02. The van der Waals surface area contributed by atoms with Crippen molar-refractivity contribution in [2.75, 3.05) is 6.61 Å². The van der Waals surface area contributed by atoms with Gasteiger partial charge in [-0.2, -0.15) is 0 Å². The molecule has 1 aliphatic heterocycles. The quantitative estimate of drug-likeness (QED) is 0.751. The number of carbonyl (C=O) groups is 1. The Hall–Kier alpha value is -1.35. The second-order valence-corrected chi connectivity index (χ2v) is 4.34. The van der Waals surface area contributed by atoms with Crippen LogP contribution in [-0.4, -0.2) is 18.7 Å². The van der Waals surface area contributed by atoms with Gasteiger partial charge in [0.2, 0.25) is 0 Å². The van der Waals surface area contributed by atoms with Crippen LogP contribution in [0, 0.1) is 0 Å². The number of hydrogen-bond acceptors (Lipinski definition) is 3. The average Bonchev–Trinajstić information content (AvgIpc) is 2.39. The van der Waals surface area contributed by atoms with E-state index in [1.807, 2.05) is 30.3 Å². The Kier molecular flexibility index (Phi) is 4.56. The zero-order chi connectivity index (χ0) is 11.9. The highest BCUT2D eigenvalue weighted by Crippen LogP contribution is 2.16. The molecule has 3 heteroatoms. The second kappa shape index (κ2) is 6.40. The lowest BCUT2D eigenvalue weighted by molar-refractivity contribution is -0.149. The summed E-state index contributed by atoms with van der Waals surface area (Å²) in [6.07, 6.45) is 3.67. The van der Waals surface area contributed by atoms with Crippen LogP contribution in [0.15, 0.2) is 30.3 Å². The molecular formula is C14H18O3. The van der Waals surface area contributed by atoms with Gasteiger partial charge in [-0.15, -0.1) is 0 Å². The molecule has 17 heavy (non-hydrogen) atoms. The number of rotatable bonds is 4.